The third kappa shape index (κ3) is 3.95. The van der Waals surface area contributed by atoms with E-state index in [0.29, 0.717) is 0 Å². The molecule has 0 amide bonds. The summed E-state index contributed by atoms with van der Waals surface area (Å²) in [4.78, 5) is 10.3. The van der Waals surface area contributed by atoms with Gasteiger partial charge in [0.05, 0.1) is 6.54 Å². The topological polar surface area (TPSA) is 70.9 Å². The van der Waals surface area contributed by atoms with E-state index in [1.165, 1.54) is 0 Å². The van der Waals surface area contributed by atoms with E-state index >= 15 is 0 Å². The molecule has 0 aliphatic rings. The van der Waals surface area contributed by atoms with Gasteiger partial charge in [-0.25, -0.2) is 0 Å². The maximum absolute atomic E-state index is 11.9. The summed E-state index contributed by atoms with van der Waals surface area (Å²) in [5, 5.41) is 10.3. The Morgan fingerprint density at radius 2 is 1.69 bits per heavy atom. The zero-order chi connectivity index (χ0) is 12.3. The van der Waals surface area contributed by atoms with Crippen LogP contribution >= 0.6 is 23.2 Å². The van der Waals surface area contributed by atoms with Crippen LogP contribution in [0.2, 0.25) is 10.6 Å². The first-order valence-electron chi connectivity index (χ1n) is 3.85. The average molecular weight is 277 g/mol. The van der Waals surface area contributed by atoms with Gasteiger partial charge in [0.25, 0.3) is 0 Å². The Labute approximate surface area is 97.6 Å². The van der Waals surface area contributed by atoms with Crippen LogP contribution in [0, 0.1) is 0 Å². The molecule has 1 aromatic rings. The van der Waals surface area contributed by atoms with E-state index < -0.39 is 18.8 Å². The number of aliphatic hydroxyl groups excluding tert-OH is 1. The summed E-state index contributed by atoms with van der Waals surface area (Å²) >= 11 is 10.8. The molecule has 0 fully saturated rings. The Balaban J connectivity index is 2.61. The fourth-order valence-electron chi connectivity index (χ4n) is 0.709. The van der Waals surface area contributed by atoms with Gasteiger partial charge in [0.1, 0.15) is 0 Å². The van der Waals surface area contributed by atoms with Crippen molar-refractivity contribution in [2.24, 2.45) is 0 Å². The minimum Gasteiger partial charge on any atom is -0.382 e. The van der Waals surface area contributed by atoms with Crippen LogP contribution in [0.3, 0.4) is 0 Å². The van der Waals surface area contributed by atoms with E-state index in [9.17, 15) is 13.2 Å². The predicted molar refractivity (Wildman–Crippen MR) is 50.4 cm³/mol. The highest BCUT2D eigenvalue weighted by molar-refractivity contribution is 6.31. The second kappa shape index (κ2) is 4.98. The highest BCUT2D eigenvalue weighted by Crippen LogP contribution is 2.20. The number of aromatic nitrogens is 3. The number of hydrogen-bond donors (Lipinski definition) is 2. The maximum atomic E-state index is 11.9. The van der Waals surface area contributed by atoms with Gasteiger partial charge < -0.3 is 10.4 Å². The van der Waals surface area contributed by atoms with Crippen LogP contribution in [-0.4, -0.2) is 38.9 Å². The van der Waals surface area contributed by atoms with Crippen molar-refractivity contribution in [1.29, 1.82) is 0 Å². The lowest BCUT2D eigenvalue weighted by Crippen LogP contribution is -2.35. The van der Waals surface area contributed by atoms with Gasteiger partial charge in [-0.15, -0.1) is 0 Å². The van der Waals surface area contributed by atoms with E-state index in [1.54, 1.807) is 0 Å². The maximum Gasteiger partial charge on any atom is 0.416 e. The monoisotopic (exact) mass is 276 g/mol. The molecule has 1 rings (SSSR count). The summed E-state index contributed by atoms with van der Waals surface area (Å²) in [6.45, 7) is -0.805. The molecule has 1 atom stereocenters. The summed E-state index contributed by atoms with van der Waals surface area (Å²) in [7, 11) is 0. The van der Waals surface area contributed by atoms with Crippen LogP contribution in [0.1, 0.15) is 0 Å². The number of nitrogens with one attached hydrogen (secondary N) is 1. The summed E-state index contributed by atoms with van der Waals surface area (Å²) in [6.07, 6.45) is -7.24. The van der Waals surface area contributed by atoms with E-state index in [4.69, 9.17) is 28.3 Å². The van der Waals surface area contributed by atoms with Crippen LogP contribution in [0.25, 0.3) is 0 Å². The Morgan fingerprint density at radius 3 is 2.12 bits per heavy atom. The lowest BCUT2D eigenvalue weighted by atomic mass is 10.3. The molecule has 0 radical (unpaired) electrons. The Morgan fingerprint density at radius 1 is 1.19 bits per heavy atom. The Bertz CT molecular complexity index is 355. The summed E-state index contributed by atoms with van der Waals surface area (Å²) < 4.78 is 35.7. The van der Waals surface area contributed by atoms with Gasteiger partial charge in [0.15, 0.2) is 6.10 Å². The van der Waals surface area contributed by atoms with Gasteiger partial charge in [-0.2, -0.15) is 28.1 Å². The van der Waals surface area contributed by atoms with Gasteiger partial charge in [-0.3, -0.25) is 0 Å². The molecule has 16 heavy (non-hydrogen) atoms. The molecule has 1 heterocycles. The lowest BCUT2D eigenvalue weighted by molar-refractivity contribution is -0.198. The SMILES string of the molecule is OC(CNc1nc(Cl)nc(Cl)n1)C(F)(F)F. The van der Waals surface area contributed by atoms with Gasteiger partial charge in [-0.05, 0) is 23.2 Å². The van der Waals surface area contributed by atoms with Crippen molar-refractivity contribution in [3.05, 3.63) is 10.6 Å². The van der Waals surface area contributed by atoms with Gasteiger partial charge in [-0.1, -0.05) is 0 Å². The molecule has 0 aromatic carbocycles. The van der Waals surface area contributed by atoms with Crippen molar-refractivity contribution in [3.63, 3.8) is 0 Å². The summed E-state index contributed by atoms with van der Waals surface area (Å²) in [5.41, 5.74) is 0. The molecule has 0 bridgehead atoms. The fourth-order valence-corrected chi connectivity index (χ4v) is 1.07. The third-order valence-electron chi connectivity index (χ3n) is 1.41. The molecule has 0 saturated carbocycles. The molecule has 1 unspecified atom stereocenters. The van der Waals surface area contributed by atoms with Crippen molar-refractivity contribution in [2.75, 3.05) is 11.9 Å². The van der Waals surface area contributed by atoms with Crippen molar-refractivity contribution >= 4 is 29.2 Å². The zero-order valence-corrected chi connectivity index (χ0v) is 8.97. The molecule has 2 N–H and O–H groups in total. The quantitative estimate of drug-likeness (QED) is 0.876. The van der Waals surface area contributed by atoms with Crippen molar-refractivity contribution in [1.82, 2.24) is 15.0 Å². The molecule has 90 valence electrons. The van der Waals surface area contributed by atoms with Crippen LogP contribution < -0.4 is 5.32 Å². The first kappa shape index (κ1) is 13.2. The number of hydrogen-bond acceptors (Lipinski definition) is 5. The number of anilines is 1. The van der Waals surface area contributed by atoms with Crippen LogP contribution in [-0.2, 0) is 0 Å². The fraction of sp³-hybridized carbons (Fsp3) is 0.500. The average Bonchev–Trinajstić information content (AvgIpc) is 2.11. The standard InChI is InChI=1S/C6H5Cl2F3N4O/c7-3-13-4(8)15-5(14-3)12-1-2(16)6(9,10)11/h2,16H,1H2,(H,12,13,14,15). The van der Waals surface area contributed by atoms with Crippen LogP contribution in [0.15, 0.2) is 0 Å². The normalized spacial score (nSPS) is 13.6. The first-order chi connectivity index (χ1) is 7.29. The van der Waals surface area contributed by atoms with Crippen molar-refractivity contribution < 1.29 is 18.3 Å². The van der Waals surface area contributed by atoms with Crippen molar-refractivity contribution in [3.8, 4) is 0 Å². The third-order valence-corrected chi connectivity index (χ3v) is 1.75. The first-order valence-corrected chi connectivity index (χ1v) is 4.60. The van der Waals surface area contributed by atoms with Crippen molar-refractivity contribution in [2.45, 2.75) is 12.3 Å². The molecule has 0 aliphatic carbocycles. The number of alkyl halides is 3. The second-order valence-corrected chi connectivity index (χ2v) is 3.31. The molecule has 0 saturated heterocycles. The Hall–Kier alpha value is -0.860. The predicted octanol–water partition coefficient (Wildman–Crippen LogP) is 1.51. The number of aliphatic hydroxyl groups is 1. The largest absolute Gasteiger partial charge is 0.416 e. The smallest absolute Gasteiger partial charge is 0.382 e. The molecular formula is C6H5Cl2F3N4O. The molecular weight excluding hydrogens is 272 g/mol. The number of halogens is 5. The van der Waals surface area contributed by atoms with Crippen LogP contribution in [0.5, 0.6) is 0 Å². The summed E-state index contributed by atoms with van der Waals surface area (Å²) in [6, 6.07) is 0. The molecule has 0 spiro atoms. The van der Waals surface area contributed by atoms with Gasteiger partial charge in [0, 0.05) is 0 Å². The molecule has 1 aromatic heterocycles. The van der Waals surface area contributed by atoms with Gasteiger partial charge >= 0.3 is 6.18 Å². The number of rotatable bonds is 3. The highest BCUT2D eigenvalue weighted by Gasteiger charge is 2.37. The lowest BCUT2D eigenvalue weighted by Gasteiger charge is -2.14. The minimum absolute atomic E-state index is 0.242. The Kier molecular flexibility index (Phi) is 4.11. The zero-order valence-electron chi connectivity index (χ0n) is 7.46. The van der Waals surface area contributed by atoms with E-state index in [0.717, 1.165) is 0 Å². The molecule has 5 nitrogen and oxygen atoms in total. The molecule has 10 heteroatoms. The highest BCUT2D eigenvalue weighted by atomic mass is 35.5. The second-order valence-electron chi connectivity index (χ2n) is 2.64. The summed E-state index contributed by atoms with van der Waals surface area (Å²) in [5.74, 6) is -0.242. The molecule has 0 aliphatic heterocycles. The number of nitrogens with zero attached hydrogens (tertiary/aromatic N) is 3. The van der Waals surface area contributed by atoms with E-state index in [2.05, 4.69) is 20.3 Å². The van der Waals surface area contributed by atoms with Crippen LogP contribution in [0.4, 0.5) is 19.1 Å². The minimum atomic E-state index is -4.71. The van der Waals surface area contributed by atoms with E-state index in [-0.39, 0.29) is 16.5 Å². The van der Waals surface area contributed by atoms with Gasteiger partial charge in [0.2, 0.25) is 16.5 Å². The van der Waals surface area contributed by atoms with E-state index in [1.807, 2.05) is 0 Å².